The Labute approximate surface area is 259 Å². The zero-order valence-corrected chi connectivity index (χ0v) is 25.5. The number of carboxylic acids is 1. The van der Waals surface area contributed by atoms with Crippen molar-refractivity contribution >= 4 is 46.7 Å². The number of rotatable bonds is 4. The van der Waals surface area contributed by atoms with E-state index in [0.717, 1.165) is 19.3 Å². The van der Waals surface area contributed by atoms with E-state index in [1.807, 2.05) is 11.9 Å². The normalized spacial score (nSPS) is 34.4. The third-order valence-corrected chi connectivity index (χ3v) is 12.4. The zero-order valence-electron chi connectivity index (χ0n) is 24.0. The van der Waals surface area contributed by atoms with Gasteiger partial charge in [0, 0.05) is 34.4 Å². The SMILES string of the molecule is CN1[C@@H](C(=O)NC23CCC(C(=O)O)(CC2)CC3)[C@H](c2cccc(Cl)c2F)[C@]2(C(=O)Nc3cc(Cl)ncc32)C12CCCCC2. The Hall–Kier alpha value is -2.75. The van der Waals surface area contributed by atoms with Gasteiger partial charge in [-0.1, -0.05) is 54.6 Å². The Kier molecular flexibility index (Phi) is 6.66. The number of fused-ring (bicyclic) bond motifs is 6. The Morgan fingerprint density at radius 1 is 1.07 bits per heavy atom. The van der Waals surface area contributed by atoms with Gasteiger partial charge in [-0.15, -0.1) is 0 Å². The average Bonchev–Trinajstić information content (AvgIpc) is 3.40. The molecule has 8 rings (SSSR count). The molecule has 2 aliphatic heterocycles. The summed E-state index contributed by atoms with van der Waals surface area (Å²) in [4.78, 5) is 47.8. The molecular formula is C32H35Cl2FN4O4. The van der Waals surface area contributed by atoms with Crippen molar-refractivity contribution in [2.45, 2.75) is 99.1 Å². The van der Waals surface area contributed by atoms with Gasteiger partial charge in [-0.2, -0.15) is 0 Å². The largest absolute Gasteiger partial charge is 0.481 e. The number of likely N-dealkylation sites (tertiary alicyclic amines) is 1. The van der Waals surface area contributed by atoms with Crippen LogP contribution in [0.4, 0.5) is 10.1 Å². The van der Waals surface area contributed by atoms with Crippen molar-refractivity contribution in [2.75, 3.05) is 12.4 Å². The fourth-order valence-electron chi connectivity index (χ4n) is 9.66. The molecule has 2 spiro atoms. The van der Waals surface area contributed by atoms with Gasteiger partial charge in [-0.25, -0.2) is 9.37 Å². The van der Waals surface area contributed by atoms with Crippen LogP contribution in [0.3, 0.4) is 0 Å². The van der Waals surface area contributed by atoms with Crippen molar-refractivity contribution in [3.8, 4) is 0 Å². The van der Waals surface area contributed by atoms with E-state index < -0.39 is 45.7 Å². The van der Waals surface area contributed by atoms with E-state index in [0.29, 0.717) is 62.6 Å². The number of aromatic nitrogens is 1. The van der Waals surface area contributed by atoms with Crippen molar-refractivity contribution < 1.29 is 23.9 Å². The molecule has 43 heavy (non-hydrogen) atoms. The summed E-state index contributed by atoms with van der Waals surface area (Å²) in [6.07, 6.45) is 8.84. The number of anilines is 1. The number of pyridine rings is 1. The number of hydrogen-bond donors (Lipinski definition) is 3. The van der Waals surface area contributed by atoms with Gasteiger partial charge < -0.3 is 15.7 Å². The van der Waals surface area contributed by atoms with Crippen LogP contribution in [0.15, 0.2) is 30.5 Å². The van der Waals surface area contributed by atoms with Crippen LogP contribution in [0.25, 0.3) is 0 Å². The highest BCUT2D eigenvalue weighted by atomic mass is 35.5. The highest BCUT2D eigenvalue weighted by Gasteiger charge is 2.75. The minimum Gasteiger partial charge on any atom is -0.481 e. The minimum atomic E-state index is -1.34. The van der Waals surface area contributed by atoms with Crippen LogP contribution in [0.5, 0.6) is 0 Å². The molecule has 2 aromatic rings. The fourth-order valence-corrected chi connectivity index (χ4v) is 10.00. The number of carbonyl (C=O) groups is 3. The third kappa shape index (κ3) is 3.83. The van der Waals surface area contributed by atoms with Gasteiger partial charge in [0.25, 0.3) is 0 Å². The van der Waals surface area contributed by atoms with Gasteiger partial charge in [0.15, 0.2) is 0 Å². The summed E-state index contributed by atoms with van der Waals surface area (Å²) in [7, 11) is 1.89. The van der Waals surface area contributed by atoms with Crippen LogP contribution in [0, 0.1) is 11.2 Å². The molecule has 0 unspecified atom stereocenters. The molecule has 1 aromatic heterocycles. The van der Waals surface area contributed by atoms with Gasteiger partial charge in [-0.05, 0) is 76.1 Å². The first-order chi connectivity index (χ1) is 20.5. The molecule has 6 aliphatic rings. The number of hydrogen-bond acceptors (Lipinski definition) is 5. The lowest BCUT2D eigenvalue weighted by molar-refractivity contribution is -0.157. The molecule has 3 heterocycles. The van der Waals surface area contributed by atoms with Gasteiger partial charge in [0.2, 0.25) is 11.8 Å². The second-order valence-corrected chi connectivity index (χ2v) is 14.2. The molecule has 8 nitrogen and oxygen atoms in total. The first-order valence-electron chi connectivity index (χ1n) is 15.2. The maximum atomic E-state index is 16.2. The quantitative estimate of drug-likeness (QED) is 0.368. The van der Waals surface area contributed by atoms with Crippen LogP contribution in [0.2, 0.25) is 10.2 Å². The first-order valence-corrected chi connectivity index (χ1v) is 16.0. The van der Waals surface area contributed by atoms with Crippen LogP contribution in [-0.4, -0.2) is 56.9 Å². The highest BCUT2D eigenvalue weighted by molar-refractivity contribution is 6.31. The molecule has 11 heteroatoms. The van der Waals surface area contributed by atoms with Crippen molar-refractivity contribution in [3.63, 3.8) is 0 Å². The summed E-state index contributed by atoms with van der Waals surface area (Å²) in [5, 5.41) is 16.4. The molecular weight excluding hydrogens is 594 g/mol. The van der Waals surface area contributed by atoms with E-state index in [9.17, 15) is 19.5 Å². The number of carbonyl (C=O) groups excluding carboxylic acids is 2. The third-order valence-electron chi connectivity index (χ3n) is 11.9. The maximum absolute atomic E-state index is 16.2. The fraction of sp³-hybridized carbons (Fsp3) is 0.562. The van der Waals surface area contributed by atoms with Crippen molar-refractivity contribution in [1.82, 2.24) is 15.2 Å². The second kappa shape index (κ2) is 9.88. The number of likely N-dealkylation sites (N-methyl/N-ethyl adjacent to an activating group) is 1. The molecule has 1 saturated heterocycles. The lowest BCUT2D eigenvalue weighted by Crippen LogP contribution is -2.62. The Bertz CT molecular complexity index is 1520. The predicted molar refractivity (Wildman–Crippen MR) is 160 cm³/mol. The molecule has 5 fully saturated rings. The standard InChI is InChI=1S/C32H35Cl2FN4O4/c1-39-25(26(40)38-30-13-10-29(11-14-30,12-15-30)28(42)43)23(18-6-5-7-20(33)24(18)35)32(31(39)8-3-2-4-9-31)19-17-36-22(34)16-21(19)37-27(32)41/h5-7,16-17,23,25H,2-4,8-15H2,1H3,(H,37,41)(H,38,40)(H,42,43)/t23-,25+,29?,30?,32+/m0/s1. The Balaban J connectivity index is 1.40. The zero-order chi connectivity index (χ0) is 30.4. The van der Waals surface area contributed by atoms with Crippen LogP contribution < -0.4 is 10.6 Å². The van der Waals surface area contributed by atoms with Crippen LogP contribution in [0.1, 0.15) is 87.7 Å². The molecule has 228 valence electrons. The molecule has 0 radical (unpaired) electrons. The summed E-state index contributed by atoms with van der Waals surface area (Å²) in [6, 6.07) is 5.49. The van der Waals surface area contributed by atoms with Crippen LogP contribution in [-0.2, 0) is 19.8 Å². The molecule has 2 bridgehead atoms. The number of benzene rings is 1. The molecule has 3 N–H and O–H groups in total. The number of halogens is 3. The minimum absolute atomic E-state index is 0.0740. The monoisotopic (exact) mass is 628 g/mol. The average molecular weight is 630 g/mol. The number of amides is 2. The number of carboxylic acid groups (broad SMARTS) is 1. The first kappa shape index (κ1) is 29.0. The highest BCUT2D eigenvalue weighted by Crippen LogP contribution is 2.66. The smallest absolute Gasteiger partial charge is 0.309 e. The Morgan fingerprint density at radius 2 is 1.74 bits per heavy atom. The maximum Gasteiger partial charge on any atom is 0.309 e. The van der Waals surface area contributed by atoms with E-state index >= 15 is 4.39 Å². The molecule has 4 saturated carbocycles. The Morgan fingerprint density at radius 3 is 2.40 bits per heavy atom. The second-order valence-electron chi connectivity index (χ2n) is 13.4. The summed E-state index contributed by atoms with van der Waals surface area (Å²) < 4.78 is 16.2. The van der Waals surface area contributed by atoms with Gasteiger partial charge in [0.05, 0.1) is 16.5 Å². The van der Waals surface area contributed by atoms with Crippen molar-refractivity contribution in [1.29, 1.82) is 0 Å². The van der Waals surface area contributed by atoms with Gasteiger partial charge >= 0.3 is 5.97 Å². The lowest BCUT2D eigenvalue weighted by atomic mass is 9.55. The topological polar surface area (TPSA) is 112 Å². The van der Waals surface area contributed by atoms with E-state index in [-0.39, 0.29) is 27.6 Å². The van der Waals surface area contributed by atoms with E-state index in [1.54, 1.807) is 24.4 Å². The summed E-state index contributed by atoms with van der Waals surface area (Å²) in [5.41, 5.74) is -2.03. The van der Waals surface area contributed by atoms with E-state index in [2.05, 4.69) is 15.6 Å². The van der Waals surface area contributed by atoms with Crippen LogP contribution >= 0.6 is 23.2 Å². The molecule has 4 aliphatic carbocycles. The van der Waals surface area contributed by atoms with Crippen molar-refractivity contribution in [2.24, 2.45) is 5.41 Å². The lowest BCUT2D eigenvalue weighted by Gasteiger charge is -2.52. The summed E-state index contributed by atoms with van der Waals surface area (Å²) in [5.74, 6) is -2.89. The summed E-state index contributed by atoms with van der Waals surface area (Å²) >= 11 is 12.6. The van der Waals surface area contributed by atoms with E-state index in [4.69, 9.17) is 23.2 Å². The number of nitrogens with one attached hydrogen (secondary N) is 2. The van der Waals surface area contributed by atoms with Crippen molar-refractivity contribution in [3.05, 3.63) is 57.6 Å². The number of nitrogens with zero attached hydrogens (tertiary/aromatic N) is 2. The van der Waals surface area contributed by atoms with E-state index in [1.165, 1.54) is 6.07 Å². The predicted octanol–water partition coefficient (Wildman–Crippen LogP) is 5.81. The molecule has 3 atom stereocenters. The molecule has 1 aromatic carbocycles. The molecule has 2 amide bonds. The number of aliphatic carboxylic acids is 1. The summed E-state index contributed by atoms with van der Waals surface area (Å²) in [6.45, 7) is 0. The van der Waals surface area contributed by atoms with Gasteiger partial charge in [0.1, 0.15) is 16.4 Å². The van der Waals surface area contributed by atoms with Gasteiger partial charge in [-0.3, -0.25) is 19.3 Å².